The molecule has 1 fully saturated rings. The van der Waals surface area contributed by atoms with Crippen molar-refractivity contribution in [1.29, 1.82) is 0 Å². The number of likely N-dealkylation sites (tertiary alicyclic amines) is 1. The van der Waals surface area contributed by atoms with Crippen LogP contribution in [-0.2, 0) is 4.79 Å². The van der Waals surface area contributed by atoms with Gasteiger partial charge in [0.05, 0.1) is 6.04 Å². The monoisotopic (exact) mass is 327 g/mol. The van der Waals surface area contributed by atoms with Crippen LogP contribution in [0.2, 0.25) is 0 Å². The zero-order valence-electron chi connectivity index (χ0n) is 13.2. The topological polar surface area (TPSA) is 49.6 Å². The number of nitrogens with zero attached hydrogens (tertiary/aromatic N) is 2. The number of carbonyl (C=O) groups excluding carboxylic acids is 1. The second kappa shape index (κ2) is 10.7. The van der Waals surface area contributed by atoms with E-state index < -0.39 is 0 Å². The Morgan fingerprint density at radius 1 is 1.40 bits per heavy atom. The van der Waals surface area contributed by atoms with Crippen LogP contribution in [0.1, 0.15) is 40.0 Å². The Balaban J connectivity index is 0. The minimum atomic E-state index is -0.341. The lowest BCUT2D eigenvalue weighted by atomic mass is 10.0. The Morgan fingerprint density at radius 3 is 2.50 bits per heavy atom. The molecular formula is C14H31Cl2N3O. The zero-order valence-corrected chi connectivity index (χ0v) is 14.8. The first-order valence-corrected chi connectivity index (χ1v) is 7.20. The summed E-state index contributed by atoms with van der Waals surface area (Å²) in [6, 6.07) is 0.182. The lowest BCUT2D eigenvalue weighted by molar-refractivity contribution is -0.132. The minimum Gasteiger partial charge on any atom is -0.343 e. The van der Waals surface area contributed by atoms with Crippen molar-refractivity contribution in [2.75, 3.05) is 26.7 Å². The summed E-state index contributed by atoms with van der Waals surface area (Å²) in [6.07, 6.45) is 3.22. The molecule has 0 spiro atoms. The summed E-state index contributed by atoms with van der Waals surface area (Å²) in [6.45, 7) is 9.45. The fourth-order valence-electron chi connectivity index (χ4n) is 2.82. The molecule has 0 aromatic carbocycles. The SMILES string of the molecule is CCN1CCCC1CN(C)C(=O)[C@@H](N)CC(C)C.Cl.Cl. The van der Waals surface area contributed by atoms with E-state index in [2.05, 4.69) is 25.7 Å². The summed E-state index contributed by atoms with van der Waals surface area (Å²) in [5, 5.41) is 0. The second-order valence-corrected chi connectivity index (χ2v) is 5.88. The number of hydrogen-bond donors (Lipinski definition) is 1. The van der Waals surface area contributed by atoms with Crippen LogP contribution < -0.4 is 5.73 Å². The summed E-state index contributed by atoms with van der Waals surface area (Å²) in [7, 11) is 1.88. The van der Waals surface area contributed by atoms with E-state index in [1.165, 1.54) is 19.4 Å². The molecule has 1 unspecified atom stereocenters. The number of halogens is 2. The fraction of sp³-hybridized carbons (Fsp3) is 0.929. The zero-order chi connectivity index (χ0) is 13.7. The van der Waals surface area contributed by atoms with Gasteiger partial charge in [-0.1, -0.05) is 20.8 Å². The minimum absolute atomic E-state index is 0. The molecule has 4 nitrogen and oxygen atoms in total. The molecule has 6 heteroatoms. The maximum Gasteiger partial charge on any atom is 0.239 e. The first-order valence-electron chi connectivity index (χ1n) is 7.20. The van der Waals surface area contributed by atoms with E-state index >= 15 is 0 Å². The second-order valence-electron chi connectivity index (χ2n) is 5.88. The number of likely N-dealkylation sites (N-methyl/N-ethyl adjacent to an activating group) is 2. The molecule has 0 aromatic heterocycles. The summed E-state index contributed by atoms with van der Waals surface area (Å²) in [4.78, 5) is 16.4. The van der Waals surface area contributed by atoms with Crippen molar-refractivity contribution in [2.45, 2.75) is 52.1 Å². The van der Waals surface area contributed by atoms with E-state index in [-0.39, 0.29) is 36.8 Å². The van der Waals surface area contributed by atoms with Gasteiger partial charge in [-0.2, -0.15) is 0 Å². The number of hydrogen-bond acceptors (Lipinski definition) is 3. The molecule has 122 valence electrons. The first kappa shape index (κ1) is 22.3. The molecule has 0 aliphatic carbocycles. The van der Waals surface area contributed by atoms with Crippen molar-refractivity contribution in [3.05, 3.63) is 0 Å². The molecule has 20 heavy (non-hydrogen) atoms. The van der Waals surface area contributed by atoms with Crippen LogP contribution in [0.25, 0.3) is 0 Å². The molecule has 1 aliphatic heterocycles. The van der Waals surface area contributed by atoms with Crippen LogP contribution in [0.15, 0.2) is 0 Å². The molecule has 0 bridgehead atoms. The average molecular weight is 328 g/mol. The quantitative estimate of drug-likeness (QED) is 0.813. The van der Waals surface area contributed by atoms with Gasteiger partial charge >= 0.3 is 0 Å². The van der Waals surface area contributed by atoms with Gasteiger partial charge in [0.2, 0.25) is 5.91 Å². The highest BCUT2D eigenvalue weighted by molar-refractivity contribution is 5.85. The van der Waals surface area contributed by atoms with Crippen molar-refractivity contribution in [1.82, 2.24) is 9.80 Å². The van der Waals surface area contributed by atoms with Crippen LogP contribution in [0.4, 0.5) is 0 Å². The third-order valence-electron chi connectivity index (χ3n) is 3.81. The van der Waals surface area contributed by atoms with Gasteiger partial charge in [-0.05, 0) is 38.3 Å². The van der Waals surface area contributed by atoms with Crippen LogP contribution in [0.5, 0.6) is 0 Å². The Kier molecular flexibility index (Phi) is 11.9. The van der Waals surface area contributed by atoms with E-state index in [4.69, 9.17) is 5.73 Å². The molecule has 1 heterocycles. The fourth-order valence-corrected chi connectivity index (χ4v) is 2.82. The molecule has 1 rings (SSSR count). The number of carbonyl (C=O) groups is 1. The molecular weight excluding hydrogens is 297 g/mol. The Hall–Kier alpha value is -0.0300. The van der Waals surface area contributed by atoms with Crippen molar-refractivity contribution in [2.24, 2.45) is 11.7 Å². The molecule has 0 saturated carbocycles. The van der Waals surface area contributed by atoms with E-state index in [0.29, 0.717) is 12.0 Å². The number of nitrogens with two attached hydrogens (primary N) is 1. The lowest BCUT2D eigenvalue weighted by Gasteiger charge is -2.29. The van der Waals surface area contributed by atoms with E-state index in [1.807, 2.05) is 11.9 Å². The highest BCUT2D eigenvalue weighted by Gasteiger charge is 2.27. The summed E-state index contributed by atoms with van der Waals surface area (Å²) in [5.74, 6) is 0.558. The van der Waals surface area contributed by atoms with Gasteiger partial charge in [-0.25, -0.2) is 0 Å². The van der Waals surface area contributed by atoms with Crippen LogP contribution in [-0.4, -0.2) is 54.5 Å². The van der Waals surface area contributed by atoms with Gasteiger partial charge in [-0.3, -0.25) is 9.69 Å². The van der Waals surface area contributed by atoms with Gasteiger partial charge < -0.3 is 10.6 Å². The molecule has 0 aromatic rings. The predicted octanol–water partition coefficient (Wildman–Crippen LogP) is 2.15. The van der Waals surface area contributed by atoms with Gasteiger partial charge in [0.15, 0.2) is 0 Å². The Bertz CT molecular complexity index is 277. The average Bonchev–Trinajstić information content (AvgIpc) is 2.74. The highest BCUT2D eigenvalue weighted by Crippen LogP contribution is 2.17. The smallest absolute Gasteiger partial charge is 0.239 e. The normalized spacial score (nSPS) is 20.2. The van der Waals surface area contributed by atoms with Crippen molar-refractivity contribution >= 4 is 30.7 Å². The Labute approximate surface area is 136 Å². The molecule has 1 saturated heterocycles. The van der Waals surface area contributed by atoms with E-state index in [0.717, 1.165) is 19.5 Å². The lowest BCUT2D eigenvalue weighted by Crippen LogP contribution is -2.47. The van der Waals surface area contributed by atoms with Gasteiger partial charge in [0, 0.05) is 19.6 Å². The first-order chi connectivity index (χ1) is 8.45. The summed E-state index contributed by atoms with van der Waals surface area (Å²) in [5.41, 5.74) is 5.96. The van der Waals surface area contributed by atoms with Crippen molar-refractivity contribution in [3.8, 4) is 0 Å². The third-order valence-corrected chi connectivity index (χ3v) is 3.81. The molecule has 1 amide bonds. The summed E-state index contributed by atoms with van der Waals surface area (Å²) < 4.78 is 0. The number of rotatable bonds is 6. The van der Waals surface area contributed by atoms with Crippen molar-refractivity contribution < 1.29 is 4.79 Å². The van der Waals surface area contributed by atoms with Gasteiger partial charge in [0.1, 0.15) is 0 Å². The largest absolute Gasteiger partial charge is 0.343 e. The van der Waals surface area contributed by atoms with Crippen LogP contribution in [0, 0.1) is 5.92 Å². The van der Waals surface area contributed by atoms with E-state index in [9.17, 15) is 4.79 Å². The van der Waals surface area contributed by atoms with Crippen LogP contribution >= 0.6 is 24.8 Å². The van der Waals surface area contributed by atoms with E-state index in [1.54, 1.807) is 0 Å². The highest BCUT2D eigenvalue weighted by atomic mass is 35.5. The molecule has 1 aliphatic rings. The third kappa shape index (κ3) is 6.61. The van der Waals surface area contributed by atoms with Gasteiger partial charge in [-0.15, -0.1) is 24.8 Å². The van der Waals surface area contributed by atoms with Gasteiger partial charge in [0.25, 0.3) is 0 Å². The molecule has 0 radical (unpaired) electrons. The summed E-state index contributed by atoms with van der Waals surface area (Å²) >= 11 is 0. The molecule has 2 atom stereocenters. The standard InChI is InChI=1S/C14H29N3O.2ClH/c1-5-17-8-6-7-12(17)10-16(4)14(18)13(15)9-11(2)3;;/h11-13H,5-10,15H2,1-4H3;2*1H/t12?,13-;;/m0../s1. The predicted molar refractivity (Wildman–Crippen MR) is 89.8 cm³/mol. The molecule has 2 N–H and O–H groups in total. The Morgan fingerprint density at radius 2 is 2.00 bits per heavy atom. The number of amides is 1. The van der Waals surface area contributed by atoms with Crippen LogP contribution in [0.3, 0.4) is 0 Å². The maximum atomic E-state index is 12.1. The maximum absolute atomic E-state index is 12.1. The van der Waals surface area contributed by atoms with Crippen molar-refractivity contribution in [3.63, 3.8) is 0 Å².